The maximum Gasteiger partial charge on any atom is 0.203 e. The highest BCUT2D eigenvalue weighted by molar-refractivity contribution is 6.27. The summed E-state index contributed by atoms with van der Waals surface area (Å²) in [5.41, 5.74) is 8.65. The van der Waals surface area contributed by atoms with E-state index < -0.39 is 11.7 Å². The Labute approximate surface area is 128 Å². The fourth-order valence-electron chi connectivity index (χ4n) is 2.50. The van der Waals surface area contributed by atoms with Crippen LogP contribution >= 0.6 is 0 Å². The van der Waals surface area contributed by atoms with E-state index in [-0.39, 0.29) is 5.82 Å². The Hall–Kier alpha value is -2.21. The van der Waals surface area contributed by atoms with Gasteiger partial charge in [-0.3, -0.25) is 9.59 Å². The van der Waals surface area contributed by atoms with Crippen LogP contribution in [0.4, 0.5) is 10.1 Å². The van der Waals surface area contributed by atoms with Crippen molar-refractivity contribution in [3.05, 3.63) is 41.4 Å². The highest BCUT2D eigenvalue weighted by Crippen LogP contribution is 2.22. The number of carbonyl (C=O) groups excluding carboxylic acids is 2. The molecular weight excluding hydrogens is 285 g/mol. The molecule has 0 spiro atoms. The van der Waals surface area contributed by atoms with Crippen LogP contribution in [0, 0.1) is 11.7 Å². The van der Waals surface area contributed by atoms with Crippen molar-refractivity contribution in [3.63, 3.8) is 0 Å². The maximum absolute atomic E-state index is 12.9. The molecule has 0 aromatic heterocycles. The number of hydrogen-bond acceptors (Lipinski definition) is 5. The molecule has 118 valence electrons. The molecule has 1 heterocycles. The van der Waals surface area contributed by atoms with Crippen LogP contribution in [0.2, 0.25) is 0 Å². The molecule has 1 atom stereocenters. The van der Waals surface area contributed by atoms with Crippen LogP contribution in [-0.2, 0) is 9.59 Å². The molecule has 2 rings (SSSR count). The van der Waals surface area contributed by atoms with E-state index in [4.69, 9.17) is 0 Å². The summed E-state index contributed by atoms with van der Waals surface area (Å²) in [4.78, 5) is 22.5. The molecule has 0 amide bonds. The number of nitrogens with one attached hydrogen (secondary N) is 3. The Balaban J connectivity index is 2.14. The molecule has 1 fully saturated rings. The number of hydrazine groups is 1. The number of aldehydes is 1. The quantitative estimate of drug-likeness (QED) is 0.407. The number of carbonyl (C=O) groups is 2. The number of Topliss-reactive ketones (excluding diaryl/α,β-unsaturated/α-hetero) is 1. The minimum Gasteiger partial charge on any atom is -0.312 e. The molecular formula is C16H20FN3O2. The summed E-state index contributed by atoms with van der Waals surface area (Å²) < 4.78 is 12.9. The van der Waals surface area contributed by atoms with Gasteiger partial charge in [-0.05, 0) is 36.3 Å². The maximum atomic E-state index is 12.9. The van der Waals surface area contributed by atoms with E-state index in [1.165, 1.54) is 12.1 Å². The molecule has 0 radical (unpaired) electrons. The van der Waals surface area contributed by atoms with Crippen LogP contribution in [0.3, 0.4) is 0 Å². The lowest BCUT2D eigenvalue weighted by Crippen LogP contribution is -2.26. The fourth-order valence-corrected chi connectivity index (χ4v) is 2.50. The number of allylic oxidation sites excluding steroid dienone is 1. The van der Waals surface area contributed by atoms with E-state index in [1.54, 1.807) is 12.1 Å². The average Bonchev–Trinajstić information content (AvgIpc) is 3.01. The molecule has 0 aliphatic carbocycles. The third-order valence-corrected chi connectivity index (χ3v) is 3.63. The average molecular weight is 305 g/mol. The van der Waals surface area contributed by atoms with Crippen molar-refractivity contribution in [3.8, 4) is 0 Å². The van der Waals surface area contributed by atoms with Crippen molar-refractivity contribution in [1.29, 1.82) is 0 Å². The second-order valence-corrected chi connectivity index (χ2v) is 5.21. The van der Waals surface area contributed by atoms with Gasteiger partial charge in [0.05, 0.1) is 11.6 Å². The van der Waals surface area contributed by atoms with E-state index in [2.05, 4.69) is 16.2 Å². The molecule has 1 unspecified atom stereocenters. The fraction of sp³-hybridized carbons (Fsp3) is 0.375. The normalized spacial score (nSPS) is 19.6. The molecule has 5 nitrogen and oxygen atoms in total. The zero-order chi connectivity index (χ0) is 15.9. The highest BCUT2D eigenvalue weighted by Gasteiger charge is 2.29. The number of halogens is 1. The van der Waals surface area contributed by atoms with Gasteiger partial charge in [0.2, 0.25) is 5.78 Å². The Bertz CT molecular complexity index is 569. The van der Waals surface area contributed by atoms with Gasteiger partial charge in [-0.25, -0.2) is 4.39 Å². The summed E-state index contributed by atoms with van der Waals surface area (Å²) in [7, 11) is 0. The minimum atomic E-state index is -0.405. The monoisotopic (exact) mass is 305 g/mol. The summed E-state index contributed by atoms with van der Waals surface area (Å²) in [6, 6.07) is 5.98. The third kappa shape index (κ3) is 3.92. The van der Waals surface area contributed by atoms with Gasteiger partial charge in [-0.2, -0.15) is 0 Å². The van der Waals surface area contributed by atoms with Crippen molar-refractivity contribution in [2.45, 2.75) is 19.8 Å². The first kappa shape index (κ1) is 16.2. The van der Waals surface area contributed by atoms with Gasteiger partial charge in [0.1, 0.15) is 5.82 Å². The second-order valence-electron chi connectivity index (χ2n) is 5.21. The smallest absolute Gasteiger partial charge is 0.203 e. The van der Waals surface area contributed by atoms with Gasteiger partial charge in [-0.15, -0.1) is 0 Å². The summed E-state index contributed by atoms with van der Waals surface area (Å²) >= 11 is 0. The Kier molecular flexibility index (Phi) is 5.66. The highest BCUT2D eigenvalue weighted by atomic mass is 19.1. The largest absolute Gasteiger partial charge is 0.312 e. The lowest BCUT2D eigenvalue weighted by Gasteiger charge is -2.18. The first-order valence-electron chi connectivity index (χ1n) is 7.35. The molecule has 0 bridgehead atoms. The Morgan fingerprint density at radius 3 is 2.77 bits per heavy atom. The molecule has 22 heavy (non-hydrogen) atoms. The van der Waals surface area contributed by atoms with Crippen molar-refractivity contribution in [2.75, 3.05) is 18.5 Å². The molecule has 3 N–H and O–H groups in total. The molecule has 1 aromatic carbocycles. The minimum absolute atomic E-state index is 0.297. The summed E-state index contributed by atoms with van der Waals surface area (Å²) in [6.07, 6.45) is 2.04. The first-order chi connectivity index (χ1) is 10.7. The van der Waals surface area contributed by atoms with Gasteiger partial charge in [0.15, 0.2) is 6.29 Å². The number of rotatable bonds is 7. The molecule has 1 aliphatic rings. The van der Waals surface area contributed by atoms with Crippen LogP contribution in [-0.4, -0.2) is 25.2 Å². The molecule has 1 aliphatic heterocycles. The number of benzene rings is 1. The molecule has 1 aromatic rings. The standard InChI is InChI=1S/C16H20FN3O2/c1-2-3-15(13-8-18-9-14(13)16(22)10-21)20-19-12-6-4-11(17)5-7-12/h4-7,10,14,18-20H,2-3,8-9H2,1H3. The van der Waals surface area contributed by atoms with Crippen molar-refractivity contribution in [2.24, 2.45) is 5.92 Å². The van der Waals surface area contributed by atoms with Gasteiger partial charge < -0.3 is 16.2 Å². The molecule has 0 saturated carbocycles. The predicted molar refractivity (Wildman–Crippen MR) is 82.5 cm³/mol. The van der Waals surface area contributed by atoms with Crippen molar-refractivity contribution >= 4 is 17.8 Å². The number of anilines is 1. The molecule has 6 heteroatoms. The summed E-state index contributed by atoms with van der Waals surface area (Å²) in [6.45, 7) is 3.11. The van der Waals surface area contributed by atoms with Crippen LogP contribution in [0.5, 0.6) is 0 Å². The van der Waals surface area contributed by atoms with E-state index in [1.807, 2.05) is 6.92 Å². The topological polar surface area (TPSA) is 70.2 Å². The second kappa shape index (κ2) is 7.70. The zero-order valence-electron chi connectivity index (χ0n) is 12.5. The van der Waals surface area contributed by atoms with Gasteiger partial charge >= 0.3 is 0 Å². The van der Waals surface area contributed by atoms with E-state index in [0.717, 1.165) is 29.8 Å². The Morgan fingerprint density at radius 2 is 2.14 bits per heavy atom. The zero-order valence-corrected chi connectivity index (χ0v) is 12.5. The third-order valence-electron chi connectivity index (χ3n) is 3.63. The Morgan fingerprint density at radius 1 is 1.41 bits per heavy atom. The van der Waals surface area contributed by atoms with Crippen LogP contribution in [0.15, 0.2) is 35.5 Å². The van der Waals surface area contributed by atoms with E-state index >= 15 is 0 Å². The van der Waals surface area contributed by atoms with Crippen molar-refractivity contribution < 1.29 is 14.0 Å². The predicted octanol–water partition coefficient (Wildman–Crippen LogP) is 1.78. The van der Waals surface area contributed by atoms with Gasteiger partial charge in [-0.1, -0.05) is 13.3 Å². The SMILES string of the molecule is CCCC(NNc1ccc(F)cc1)=C1CNCC1C(=O)C=O. The van der Waals surface area contributed by atoms with E-state index in [0.29, 0.717) is 19.4 Å². The lowest BCUT2D eigenvalue weighted by molar-refractivity contribution is -0.131. The van der Waals surface area contributed by atoms with Gasteiger partial charge in [0.25, 0.3) is 0 Å². The van der Waals surface area contributed by atoms with Crippen LogP contribution in [0.25, 0.3) is 0 Å². The molecule has 1 saturated heterocycles. The first-order valence-corrected chi connectivity index (χ1v) is 7.35. The van der Waals surface area contributed by atoms with E-state index in [9.17, 15) is 14.0 Å². The van der Waals surface area contributed by atoms with Gasteiger partial charge in [0, 0.05) is 18.8 Å². The lowest BCUT2D eigenvalue weighted by atomic mass is 9.95. The van der Waals surface area contributed by atoms with Crippen LogP contribution in [0.1, 0.15) is 19.8 Å². The van der Waals surface area contributed by atoms with Crippen LogP contribution < -0.4 is 16.2 Å². The number of ketones is 1. The summed E-state index contributed by atoms with van der Waals surface area (Å²) in [5.74, 6) is -1.10. The number of hydrogen-bond donors (Lipinski definition) is 3. The van der Waals surface area contributed by atoms with Crippen molar-refractivity contribution in [1.82, 2.24) is 10.7 Å². The summed E-state index contributed by atoms with van der Waals surface area (Å²) in [5, 5.41) is 3.13.